The van der Waals surface area contributed by atoms with Gasteiger partial charge in [-0.2, -0.15) is 0 Å². The molecule has 2 nitrogen and oxygen atoms in total. The summed E-state index contributed by atoms with van der Waals surface area (Å²) in [6.07, 6.45) is 2.44. The molecule has 0 radical (unpaired) electrons. The number of rotatable bonds is 1. The van der Waals surface area contributed by atoms with Crippen LogP contribution in [0.15, 0.2) is 18.2 Å². The quantitative estimate of drug-likeness (QED) is 0.754. The van der Waals surface area contributed by atoms with E-state index in [0.29, 0.717) is 11.5 Å². The van der Waals surface area contributed by atoms with E-state index in [-0.39, 0.29) is 0 Å². The minimum Gasteiger partial charge on any atom is -0.497 e. The molecule has 2 bridgehead atoms. The van der Waals surface area contributed by atoms with Gasteiger partial charge in [0.15, 0.2) is 0 Å². The standard InChI is InChI=1S/C16H23NO/c1-11-15-9-12-5-6-13(18-4)10-14(12)16(11,2)7-8-17(15)3/h5-6,10-11,15H,7-9H2,1-4H3/t11-,15+,16?/m0/s1. The molecule has 1 fully saturated rings. The van der Waals surface area contributed by atoms with Gasteiger partial charge >= 0.3 is 0 Å². The Morgan fingerprint density at radius 2 is 2.17 bits per heavy atom. The number of methoxy groups -OCH3 is 1. The maximum atomic E-state index is 5.41. The fraction of sp³-hybridized carbons (Fsp3) is 0.625. The minimum atomic E-state index is 0.319. The third-order valence-corrected chi connectivity index (χ3v) is 5.49. The van der Waals surface area contributed by atoms with Gasteiger partial charge in [-0.05, 0) is 61.0 Å². The first-order valence-electron chi connectivity index (χ1n) is 6.94. The number of fused-ring (bicyclic) bond motifs is 4. The number of nitrogens with zero attached hydrogens (tertiary/aromatic N) is 1. The van der Waals surface area contributed by atoms with Crippen LogP contribution in [-0.4, -0.2) is 31.6 Å². The Labute approximate surface area is 110 Å². The lowest BCUT2D eigenvalue weighted by Crippen LogP contribution is -2.56. The summed E-state index contributed by atoms with van der Waals surface area (Å²) in [4.78, 5) is 2.54. The number of likely N-dealkylation sites (N-methyl/N-ethyl adjacent to an activating group) is 1. The second-order valence-corrected chi connectivity index (χ2v) is 6.23. The highest BCUT2D eigenvalue weighted by molar-refractivity contribution is 5.44. The molecule has 1 unspecified atom stereocenters. The first-order valence-corrected chi connectivity index (χ1v) is 6.94. The van der Waals surface area contributed by atoms with Crippen LogP contribution < -0.4 is 4.74 Å². The van der Waals surface area contributed by atoms with Gasteiger partial charge in [-0.25, -0.2) is 0 Å². The monoisotopic (exact) mass is 245 g/mol. The van der Waals surface area contributed by atoms with Crippen molar-refractivity contribution in [1.29, 1.82) is 0 Å². The molecular weight excluding hydrogens is 222 g/mol. The molecule has 1 saturated heterocycles. The maximum Gasteiger partial charge on any atom is 0.119 e. The van der Waals surface area contributed by atoms with Crippen molar-refractivity contribution < 1.29 is 4.74 Å². The Morgan fingerprint density at radius 3 is 2.89 bits per heavy atom. The summed E-state index contributed by atoms with van der Waals surface area (Å²) in [7, 11) is 4.03. The maximum absolute atomic E-state index is 5.41. The molecule has 3 atom stereocenters. The van der Waals surface area contributed by atoms with Crippen molar-refractivity contribution in [3.63, 3.8) is 0 Å². The summed E-state index contributed by atoms with van der Waals surface area (Å²) in [6.45, 7) is 6.07. The van der Waals surface area contributed by atoms with Gasteiger partial charge in [-0.15, -0.1) is 0 Å². The Balaban J connectivity index is 2.13. The molecule has 18 heavy (non-hydrogen) atoms. The van der Waals surface area contributed by atoms with Gasteiger partial charge in [0.05, 0.1) is 7.11 Å². The first kappa shape index (κ1) is 12.0. The summed E-state index contributed by atoms with van der Waals surface area (Å²) >= 11 is 0. The highest BCUT2D eigenvalue weighted by atomic mass is 16.5. The summed E-state index contributed by atoms with van der Waals surface area (Å²) < 4.78 is 5.41. The smallest absolute Gasteiger partial charge is 0.119 e. The summed E-state index contributed by atoms with van der Waals surface area (Å²) in [5.41, 5.74) is 3.37. The predicted molar refractivity (Wildman–Crippen MR) is 74.2 cm³/mol. The van der Waals surface area contributed by atoms with E-state index in [9.17, 15) is 0 Å². The van der Waals surface area contributed by atoms with Gasteiger partial charge in [-0.3, -0.25) is 0 Å². The van der Waals surface area contributed by atoms with E-state index < -0.39 is 0 Å². The molecule has 2 heteroatoms. The molecular formula is C16H23NO. The van der Waals surface area contributed by atoms with Gasteiger partial charge in [0.2, 0.25) is 0 Å². The van der Waals surface area contributed by atoms with Crippen molar-refractivity contribution in [2.75, 3.05) is 20.7 Å². The van der Waals surface area contributed by atoms with E-state index in [1.165, 1.54) is 30.5 Å². The normalized spacial score (nSPS) is 35.1. The van der Waals surface area contributed by atoms with Crippen LogP contribution in [0.1, 0.15) is 31.4 Å². The number of ether oxygens (including phenoxy) is 1. The van der Waals surface area contributed by atoms with Crippen molar-refractivity contribution >= 4 is 0 Å². The number of piperidine rings is 1. The largest absolute Gasteiger partial charge is 0.497 e. The van der Waals surface area contributed by atoms with Crippen LogP contribution in [-0.2, 0) is 11.8 Å². The molecule has 3 rings (SSSR count). The van der Waals surface area contributed by atoms with Crippen molar-refractivity contribution in [3.05, 3.63) is 29.3 Å². The van der Waals surface area contributed by atoms with Crippen LogP contribution in [0.25, 0.3) is 0 Å². The van der Waals surface area contributed by atoms with Crippen LogP contribution in [0, 0.1) is 5.92 Å². The molecule has 0 saturated carbocycles. The summed E-state index contributed by atoms with van der Waals surface area (Å²) in [5.74, 6) is 1.72. The molecule has 98 valence electrons. The lowest BCUT2D eigenvalue weighted by atomic mass is 9.59. The van der Waals surface area contributed by atoms with Crippen molar-refractivity contribution in [2.24, 2.45) is 5.92 Å². The zero-order valence-electron chi connectivity index (χ0n) is 11.9. The van der Waals surface area contributed by atoms with Crippen LogP contribution in [0.5, 0.6) is 5.75 Å². The average Bonchev–Trinajstić information content (AvgIpc) is 2.38. The van der Waals surface area contributed by atoms with E-state index in [0.717, 1.165) is 11.7 Å². The predicted octanol–water partition coefficient (Wildman–Crippen LogP) is 2.85. The Morgan fingerprint density at radius 1 is 1.39 bits per heavy atom. The van der Waals surface area contributed by atoms with Gasteiger partial charge in [0.1, 0.15) is 5.75 Å². The van der Waals surface area contributed by atoms with Gasteiger partial charge in [0.25, 0.3) is 0 Å². The fourth-order valence-corrected chi connectivity index (χ4v) is 3.94. The molecule has 2 aliphatic rings. The summed E-state index contributed by atoms with van der Waals surface area (Å²) in [5, 5.41) is 0. The molecule has 1 aliphatic heterocycles. The van der Waals surface area contributed by atoms with E-state index in [2.05, 4.69) is 44.0 Å². The van der Waals surface area contributed by atoms with Gasteiger partial charge in [-0.1, -0.05) is 19.9 Å². The van der Waals surface area contributed by atoms with Gasteiger partial charge < -0.3 is 9.64 Å². The van der Waals surface area contributed by atoms with Crippen LogP contribution in [0.2, 0.25) is 0 Å². The van der Waals surface area contributed by atoms with Crippen molar-refractivity contribution in [2.45, 2.75) is 38.1 Å². The molecule has 1 aromatic carbocycles. The van der Waals surface area contributed by atoms with Crippen LogP contribution in [0.4, 0.5) is 0 Å². The van der Waals surface area contributed by atoms with E-state index >= 15 is 0 Å². The average molecular weight is 245 g/mol. The first-order chi connectivity index (χ1) is 8.56. The molecule has 0 amide bonds. The second-order valence-electron chi connectivity index (χ2n) is 6.23. The third-order valence-electron chi connectivity index (χ3n) is 5.49. The van der Waals surface area contributed by atoms with Crippen molar-refractivity contribution in [3.8, 4) is 5.75 Å². The third kappa shape index (κ3) is 1.51. The topological polar surface area (TPSA) is 12.5 Å². The van der Waals surface area contributed by atoms with E-state index in [1.807, 2.05) is 0 Å². The molecule has 0 aromatic heterocycles. The number of benzene rings is 1. The van der Waals surface area contributed by atoms with Crippen LogP contribution in [0.3, 0.4) is 0 Å². The van der Waals surface area contributed by atoms with Crippen molar-refractivity contribution in [1.82, 2.24) is 4.90 Å². The van der Waals surface area contributed by atoms with E-state index in [1.54, 1.807) is 7.11 Å². The number of hydrogen-bond donors (Lipinski definition) is 0. The van der Waals surface area contributed by atoms with E-state index in [4.69, 9.17) is 4.74 Å². The second kappa shape index (κ2) is 3.99. The SMILES string of the molecule is COc1ccc2c(c1)C1(C)CCN(C)[C@H](C2)[C@@H]1C. The Kier molecular flexibility index (Phi) is 2.67. The highest BCUT2D eigenvalue weighted by Gasteiger charge is 2.47. The minimum absolute atomic E-state index is 0.319. The van der Waals surface area contributed by atoms with Gasteiger partial charge in [0, 0.05) is 6.04 Å². The number of hydrogen-bond acceptors (Lipinski definition) is 2. The Bertz CT molecular complexity index is 470. The lowest BCUT2D eigenvalue weighted by molar-refractivity contribution is 0.0506. The zero-order chi connectivity index (χ0) is 12.9. The summed E-state index contributed by atoms with van der Waals surface area (Å²) in [6, 6.07) is 7.34. The highest BCUT2D eigenvalue weighted by Crippen LogP contribution is 2.48. The molecule has 1 heterocycles. The molecule has 0 spiro atoms. The molecule has 1 aromatic rings. The number of likely N-dealkylation sites (tertiary alicyclic amines) is 1. The molecule has 0 N–H and O–H groups in total. The zero-order valence-corrected chi connectivity index (χ0v) is 11.9. The molecule has 1 aliphatic carbocycles. The lowest BCUT2D eigenvalue weighted by Gasteiger charge is -2.53. The fourth-order valence-electron chi connectivity index (χ4n) is 3.94. The Hall–Kier alpha value is -1.02. The van der Waals surface area contributed by atoms with Crippen LogP contribution >= 0.6 is 0 Å².